The number of hydrogen-bond acceptors (Lipinski definition) is 5. The van der Waals surface area contributed by atoms with Crippen molar-refractivity contribution >= 4 is 5.84 Å². The highest BCUT2D eigenvalue weighted by Crippen LogP contribution is 2.02. The molecule has 0 fully saturated rings. The molecule has 0 bridgehead atoms. The van der Waals surface area contributed by atoms with Gasteiger partial charge in [0.05, 0.1) is 11.7 Å². The molecule has 3 N–H and O–H groups in total. The number of aromatic nitrogens is 3. The summed E-state index contributed by atoms with van der Waals surface area (Å²) in [6, 6.07) is -0.142. The molecule has 0 aliphatic carbocycles. The predicted octanol–water partition coefficient (Wildman–Crippen LogP) is -0.618. The third-order valence-corrected chi connectivity index (χ3v) is 2.27. The van der Waals surface area contributed by atoms with Crippen LogP contribution in [0.25, 0.3) is 0 Å². The highest BCUT2D eigenvalue weighted by molar-refractivity contribution is 5.84. The molecule has 0 aliphatic heterocycles. The van der Waals surface area contributed by atoms with Crippen molar-refractivity contribution in [3.8, 4) is 0 Å². The molecule has 1 unspecified atom stereocenters. The van der Waals surface area contributed by atoms with Crippen molar-refractivity contribution in [1.29, 1.82) is 0 Å². The van der Waals surface area contributed by atoms with Gasteiger partial charge in [-0.2, -0.15) is 0 Å². The summed E-state index contributed by atoms with van der Waals surface area (Å²) in [5.41, 5.74) is 6.34. The third kappa shape index (κ3) is 2.91. The van der Waals surface area contributed by atoms with Crippen LogP contribution in [0.15, 0.2) is 11.4 Å². The Bertz CT molecular complexity index is 347. The number of oxime groups is 1. The van der Waals surface area contributed by atoms with Gasteiger partial charge in [0.1, 0.15) is 0 Å². The van der Waals surface area contributed by atoms with Crippen molar-refractivity contribution in [3.63, 3.8) is 0 Å². The number of nitrogens with zero attached hydrogens (tertiary/aromatic N) is 5. The molecule has 1 aromatic rings. The van der Waals surface area contributed by atoms with E-state index < -0.39 is 0 Å². The lowest BCUT2D eigenvalue weighted by molar-refractivity contribution is 0.277. The Kier molecular flexibility index (Phi) is 3.62. The summed E-state index contributed by atoms with van der Waals surface area (Å²) in [5.74, 6) is 0.182. The summed E-state index contributed by atoms with van der Waals surface area (Å²) < 4.78 is 1.64. The van der Waals surface area contributed by atoms with Crippen molar-refractivity contribution in [1.82, 2.24) is 19.9 Å². The number of hydrogen-bond donors (Lipinski definition) is 2. The molecule has 7 heteroatoms. The minimum Gasteiger partial charge on any atom is -0.409 e. The molecule has 0 spiro atoms. The van der Waals surface area contributed by atoms with Gasteiger partial charge in [-0.1, -0.05) is 10.4 Å². The summed E-state index contributed by atoms with van der Waals surface area (Å²) in [4.78, 5) is 1.92. The second kappa shape index (κ2) is 4.74. The topological polar surface area (TPSA) is 92.6 Å². The van der Waals surface area contributed by atoms with Gasteiger partial charge in [0.2, 0.25) is 0 Å². The van der Waals surface area contributed by atoms with Crippen molar-refractivity contribution in [2.75, 3.05) is 7.05 Å². The van der Waals surface area contributed by atoms with Crippen LogP contribution in [0.5, 0.6) is 0 Å². The standard InChI is InChI=1S/C8H16N6O/c1-6(8(9)11-15)13(2)4-7-5-14(3)12-10-7/h5-6,15H,4H2,1-3H3,(H2,9,11). The highest BCUT2D eigenvalue weighted by Gasteiger charge is 2.15. The Labute approximate surface area is 88.2 Å². The van der Waals surface area contributed by atoms with Gasteiger partial charge in [-0.05, 0) is 14.0 Å². The lowest BCUT2D eigenvalue weighted by Gasteiger charge is -2.21. The lowest BCUT2D eigenvalue weighted by atomic mass is 10.2. The first-order valence-electron chi connectivity index (χ1n) is 4.57. The van der Waals surface area contributed by atoms with Crippen LogP contribution in [0.1, 0.15) is 12.6 Å². The van der Waals surface area contributed by atoms with E-state index >= 15 is 0 Å². The maximum atomic E-state index is 8.53. The monoisotopic (exact) mass is 212 g/mol. The molecular weight excluding hydrogens is 196 g/mol. The predicted molar refractivity (Wildman–Crippen MR) is 55.3 cm³/mol. The zero-order valence-electron chi connectivity index (χ0n) is 9.12. The minimum atomic E-state index is -0.142. The van der Waals surface area contributed by atoms with Crippen molar-refractivity contribution in [3.05, 3.63) is 11.9 Å². The Morgan fingerprint density at radius 2 is 2.47 bits per heavy atom. The van der Waals surface area contributed by atoms with E-state index in [0.717, 1.165) is 5.69 Å². The zero-order chi connectivity index (χ0) is 11.4. The smallest absolute Gasteiger partial charge is 0.156 e. The maximum absolute atomic E-state index is 8.53. The second-order valence-corrected chi connectivity index (χ2v) is 3.50. The molecule has 0 radical (unpaired) electrons. The second-order valence-electron chi connectivity index (χ2n) is 3.50. The fourth-order valence-corrected chi connectivity index (χ4v) is 1.17. The summed E-state index contributed by atoms with van der Waals surface area (Å²) in [5, 5.41) is 19.3. The molecule has 0 saturated heterocycles. The van der Waals surface area contributed by atoms with Crippen LogP contribution in [0, 0.1) is 0 Å². The van der Waals surface area contributed by atoms with Gasteiger partial charge < -0.3 is 10.9 Å². The molecule has 1 rings (SSSR count). The first-order chi connectivity index (χ1) is 7.04. The average molecular weight is 212 g/mol. The van der Waals surface area contributed by atoms with Crippen LogP contribution in [0.4, 0.5) is 0 Å². The van der Waals surface area contributed by atoms with Gasteiger partial charge in [-0.25, -0.2) is 0 Å². The van der Waals surface area contributed by atoms with Crippen LogP contribution >= 0.6 is 0 Å². The van der Waals surface area contributed by atoms with Gasteiger partial charge in [-0.15, -0.1) is 5.10 Å². The Balaban J connectivity index is 2.59. The average Bonchev–Trinajstić information content (AvgIpc) is 2.61. The third-order valence-electron chi connectivity index (χ3n) is 2.27. The van der Waals surface area contributed by atoms with E-state index in [1.54, 1.807) is 4.68 Å². The largest absolute Gasteiger partial charge is 0.409 e. The molecule has 0 amide bonds. The fourth-order valence-electron chi connectivity index (χ4n) is 1.17. The number of rotatable bonds is 4. The number of nitrogens with two attached hydrogens (primary N) is 1. The van der Waals surface area contributed by atoms with Gasteiger partial charge in [0.15, 0.2) is 5.84 Å². The molecule has 15 heavy (non-hydrogen) atoms. The van der Waals surface area contributed by atoms with E-state index in [0.29, 0.717) is 6.54 Å². The van der Waals surface area contributed by atoms with E-state index in [9.17, 15) is 0 Å². The maximum Gasteiger partial charge on any atom is 0.156 e. The Morgan fingerprint density at radius 3 is 2.93 bits per heavy atom. The number of likely N-dealkylation sites (N-methyl/N-ethyl adjacent to an activating group) is 1. The van der Waals surface area contributed by atoms with Crippen LogP contribution in [-0.2, 0) is 13.6 Å². The number of amidine groups is 1. The van der Waals surface area contributed by atoms with Gasteiger partial charge >= 0.3 is 0 Å². The van der Waals surface area contributed by atoms with E-state index in [-0.39, 0.29) is 11.9 Å². The van der Waals surface area contributed by atoms with Crippen LogP contribution in [0.2, 0.25) is 0 Å². The Hall–Kier alpha value is -1.63. The normalized spacial score (nSPS) is 14.5. The van der Waals surface area contributed by atoms with Crippen LogP contribution in [-0.4, -0.2) is 44.0 Å². The molecule has 0 aromatic carbocycles. The van der Waals surface area contributed by atoms with Crippen molar-refractivity contribution in [2.45, 2.75) is 19.5 Å². The van der Waals surface area contributed by atoms with Gasteiger partial charge in [0, 0.05) is 19.8 Å². The van der Waals surface area contributed by atoms with Gasteiger partial charge in [0.25, 0.3) is 0 Å². The lowest BCUT2D eigenvalue weighted by Crippen LogP contribution is -2.40. The van der Waals surface area contributed by atoms with E-state index in [4.69, 9.17) is 10.9 Å². The first kappa shape index (κ1) is 11.4. The van der Waals surface area contributed by atoms with Crippen molar-refractivity contribution in [2.24, 2.45) is 17.9 Å². The summed E-state index contributed by atoms with van der Waals surface area (Å²) in [6.07, 6.45) is 1.83. The number of aryl methyl sites for hydroxylation is 1. The zero-order valence-corrected chi connectivity index (χ0v) is 9.12. The molecule has 1 atom stereocenters. The molecular formula is C8H16N6O. The van der Waals surface area contributed by atoms with E-state index in [1.807, 2.05) is 32.1 Å². The van der Waals surface area contributed by atoms with E-state index in [1.165, 1.54) is 0 Å². The highest BCUT2D eigenvalue weighted by atomic mass is 16.4. The van der Waals surface area contributed by atoms with E-state index in [2.05, 4.69) is 15.5 Å². The fraction of sp³-hybridized carbons (Fsp3) is 0.625. The van der Waals surface area contributed by atoms with Crippen molar-refractivity contribution < 1.29 is 5.21 Å². The molecule has 7 nitrogen and oxygen atoms in total. The minimum absolute atomic E-state index is 0.142. The molecule has 84 valence electrons. The van der Waals surface area contributed by atoms with Gasteiger partial charge in [-0.3, -0.25) is 9.58 Å². The molecule has 0 saturated carbocycles. The first-order valence-corrected chi connectivity index (χ1v) is 4.57. The summed E-state index contributed by atoms with van der Waals surface area (Å²) in [6.45, 7) is 2.46. The Morgan fingerprint density at radius 1 is 1.80 bits per heavy atom. The SMILES string of the molecule is CC(C(N)=NO)N(C)Cc1cn(C)nn1. The van der Waals surface area contributed by atoms with Crippen LogP contribution in [0.3, 0.4) is 0 Å². The van der Waals surface area contributed by atoms with Crippen LogP contribution < -0.4 is 5.73 Å². The molecule has 1 aromatic heterocycles. The molecule has 1 heterocycles. The summed E-state index contributed by atoms with van der Waals surface area (Å²) in [7, 11) is 3.68. The summed E-state index contributed by atoms with van der Waals surface area (Å²) >= 11 is 0. The molecule has 0 aliphatic rings. The quantitative estimate of drug-likeness (QED) is 0.300.